The highest BCUT2D eigenvalue weighted by molar-refractivity contribution is 6.32. The Morgan fingerprint density at radius 1 is 1.33 bits per heavy atom. The summed E-state index contributed by atoms with van der Waals surface area (Å²) in [6.07, 6.45) is 0.939. The maximum absolute atomic E-state index is 5.97. The molecule has 0 aliphatic rings. The molecule has 0 radical (unpaired) electrons. The van der Waals surface area contributed by atoms with Crippen LogP contribution in [-0.2, 0) is 0 Å². The lowest BCUT2D eigenvalue weighted by atomic mass is 10.0. The van der Waals surface area contributed by atoms with Gasteiger partial charge in [-0.2, -0.15) is 0 Å². The van der Waals surface area contributed by atoms with Gasteiger partial charge < -0.3 is 10.1 Å². The Hall–Kier alpha value is -0.730. The van der Waals surface area contributed by atoms with Gasteiger partial charge in [0.05, 0.1) is 11.6 Å². The number of hydrogen-bond acceptors (Lipinski definition) is 2. The first-order valence-electron chi connectivity index (χ1n) is 5.11. The van der Waals surface area contributed by atoms with Gasteiger partial charge in [-0.25, -0.2) is 0 Å². The highest BCUT2D eigenvalue weighted by Gasteiger charge is 2.14. The number of hydrogen-bond donors (Lipinski definition) is 1. The third-order valence-electron chi connectivity index (χ3n) is 2.50. The number of benzene rings is 1. The third kappa shape index (κ3) is 4.10. The van der Waals surface area contributed by atoms with Crippen molar-refractivity contribution >= 4 is 11.6 Å². The molecule has 0 saturated heterocycles. The Morgan fingerprint density at radius 2 is 2.00 bits per heavy atom. The molecular formula is C12H18ClNO. The molecule has 0 amide bonds. The monoisotopic (exact) mass is 227 g/mol. The molecule has 0 aliphatic heterocycles. The van der Waals surface area contributed by atoms with E-state index in [0.717, 1.165) is 12.2 Å². The van der Waals surface area contributed by atoms with Crippen molar-refractivity contribution in [3.05, 3.63) is 29.3 Å². The first-order chi connectivity index (χ1) is 7.05. The van der Waals surface area contributed by atoms with Crippen molar-refractivity contribution in [1.82, 2.24) is 5.32 Å². The van der Waals surface area contributed by atoms with Crippen LogP contribution in [-0.4, -0.2) is 19.2 Å². The van der Waals surface area contributed by atoms with E-state index in [1.165, 1.54) is 0 Å². The zero-order valence-electron chi connectivity index (χ0n) is 9.51. The summed E-state index contributed by atoms with van der Waals surface area (Å²) in [5, 5.41) is 3.90. The molecule has 0 aromatic heterocycles. The van der Waals surface area contributed by atoms with Gasteiger partial charge in [0, 0.05) is 5.54 Å². The Balaban J connectivity index is 2.42. The summed E-state index contributed by atoms with van der Waals surface area (Å²) < 4.78 is 5.60. The molecule has 0 saturated carbocycles. The smallest absolute Gasteiger partial charge is 0.137 e. The highest BCUT2D eigenvalue weighted by Crippen LogP contribution is 2.23. The van der Waals surface area contributed by atoms with Gasteiger partial charge in [0.25, 0.3) is 0 Å². The van der Waals surface area contributed by atoms with E-state index in [4.69, 9.17) is 16.3 Å². The van der Waals surface area contributed by atoms with E-state index in [1.54, 1.807) is 0 Å². The van der Waals surface area contributed by atoms with Crippen molar-refractivity contribution in [2.45, 2.75) is 25.8 Å². The summed E-state index contributed by atoms with van der Waals surface area (Å²) in [5.41, 5.74) is 0.0985. The molecule has 1 rings (SSSR count). The average Bonchev–Trinajstić information content (AvgIpc) is 2.21. The van der Waals surface area contributed by atoms with Crippen molar-refractivity contribution in [3.8, 4) is 5.75 Å². The SMILES string of the molecule is CNC(C)(C)CCOc1ccccc1Cl. The van der Waals surface area contributed by atoms with Crippen molar-refractivity contribution in [3.63, 3.8) is 0 Å². The number of ether oxygens (including phenoxy) is 1. The first-order valence-corrected chi connectivity index (χ1v) is 5.49. The molecule has 0 fully saturated rings. The van der Waals surface area contributed by atoms with E-state index < -0.39 is 0 Å². The molecule has 0 spiro atoms. The van der Waals surface area contributed by atoms with Gasteiger partial charge in [-0.15, -0.1) is 0 Å². The van der Waals surface area contributed by atoms with E-state index in [2.05, 4.69) is 19.2 Å². The summed E-state index contributed by atoms with van der Waals surface area (Å²) in [4.78, 5) is 0. The average molecular weight is 228 g/mol. The Labute approximate surface area is 96.6 Å². The topological polar surface area (TPSA) is 21.3 Å². The second-order valence-electron chi connectivity index (χ2n) is 4.16. The van der Waals surface area contributed by atoms with Crippen molar-refractivity contribution in [2.24, 2.45) is 0 Å². The molecule has 1 aromatic carbocycles. The summed E-state index contributed by atoms with van der Waals surface area (Å²) in [6.45, 7) is 4.95. The van der Waals surface area contributed by atoms with Crippen LogP contribution in [0.1, 0.15) is 20.3 Å². The molecule has 15 heavy (non-hydrogen) atoms. The molecule has 1 aromatic rings. The number of nitrogens with one attached hydrogen (secondary N) is 1. The number of para-hydroxylation sites is 1. The van der Waals surface area contributed by atoms with Crippen LogP contribution < -0.4 is 10.1 Å². The fourth-order valence-corrected chi connectivity index (χ4v) is 1.29. The van der Waals surface area contributed by atoms with Crippen LogP contribution in [0.4, 0.5) is 0 Å². The summed E-state index contributed by atoms with van der Waals surface area (Å²) in [5.74, 6) is 0.756. The molecule has 2 nitrogen and oxygen atoms in total. The number of halogens is 1. The molecular weight excluding hydrogens is 210 g/mol. The van der Waals surface area contributed by atoms with Crippen molar-refractivity contribution in [2.75, 3.05) is 13.7 Å². The van der Waals surface area contributed by atoms with Gasteiger partial charge in [0.2, 0.25) is 0 Å². The van der Waals surface area contributed by atoms with Crippen molar-refractivity contribution in [1.29, 1.82) is 0 Å². The van der Waals surface area contributed by atoms with Gasteiger partial charge >= 0.3 is 0 Å². The van der Waals surface area contributed by atoms with Crippen LogP contribution in [0, 0.1) is 0 Å². The number of rotatable bonds is 5. The minimum atomic E-state index is 0.0985. The van der Waals surface area contributed by atoms with Gasteiger partial charge in [0.15, 0.2) is 0 Å². The fraction of sp³-hybridized carbons (Fsp3) is 0.500. The molecule has 0 heterocycles. The Bertz CT molecular complexity index is 312. The zero-order chi connectivity index (χ0) is 11.3. The minimum Gasteiger partial charge on any atom is -0.492 e. The van der Waals surface area contributed by atoms with E-state index in [0.29, 0.717) is 11.6 Å². The Kier molecular flexibility index (Phi) is 4.43. The normalized spacial score (nSPS) is 11.5. The van der Waals surface area contributed by atoms with Gasteiger partial charge in [-0.3, -0.25) is 0 Å². The van der Waals surface area contributed by atoms with E-state index >= 15 is 0 Å². The fourth-order valence-electron chi connectivity index (χ4n) is 1.10. The molecule has 0 unspecified atom stereocenters. The minimum absolute atomic E-state index is 0.0985. The molecule has 3 heteroatoms. The van der Waals surface area contributed by atoms with Gasteiger partial charge in [0.1, 0.15) is 5.75 Å². The molecule has 1 N–H and O–H groups in total. The quantitative estimate of drug-likeness (QED) is 0.835. The van der Waals surface area contributed by atoms with Crippen LogP contribution >= 0.6 is 11.6 Å². The molecule has 0 atom stereocenters. The molecule has 84 valence electrons. The largest absolute Gasteiger partial charge is 0.492 e. The predicted molar refractivity (Wildman–Crippen MR) is 64.7 cm³/mol. The van der Waals surface area contributed by atoms with Crippen LogP contribution in [0.2, 0.25) is 5.02 Å². The maximum Gasteiger partial charge on any atom is 0.137 e. The second-order valence-corrected chi connectivity index (χ2v) is 4.57. The van der Waals surface area contributed by atoms with Crippen molar-refractivity contribution < 1.29 is 4.74 Å². The lowest BCUT2D eigenvalue weighted by molar-refractivity contribution is 0.256. The predicted octanol–water partition coefficient (Wildman–Crippen LogP) is 3.11. The van der Waals surface area contributed by atoms with Crippen LogP contribution in [0.5, 0.6) is 5.75 Å². The van der Waals surface area contributed by atoms with Crippen LogP contribution in [0.15, 0.2) is 24.3 Å². The summed E-state index contributed by atoms with van der Waals surface area (Å²) in [7, 11) is 1.95. The lowest BCUT2D eigenvalue weighted by Gasteiger charge is -2.23. The first kappa shape index (κ1) is 12.3. The molecule has 0 bridgehead atoms. The standard InChI is InChI=1S/C12H18ClNO/c1-12(2,14-3)8-9-15-11-7-5-4-6-10(11)13/h4-7,14H,8-9H2,1-3H3. The van der Waals surface area contributed by atoms with Crippen LogP contribution in [0.25, 0.3) is 0 Å². The zero-order valence-corrected chi connectivity index (χ0v) is 10.3. The second kappa shape index (κ2) is 5.38. The van der Waals surface area contributed by atoms with E-state index in [9.17, 15) is 0 Å². The van der Waals surface area contributed by atoms with E-state index in [1.807, 2.05) is 31.3 Å². The third-order valence-corrected chi connectivity index (χ3v) is 2.81. The lowest BCUT2D eigenvalue weighted by Crippen LogP contribution is -2.37. The summed E-state index contributed by atoms with van der Waals surface area (Å²) >= 11 is 5.97. The maximum atomic E-state index is 5.97. The highest BCUT2D eigenvalue weighted by atomic mass is 35.5. The van der Waals surface area contributed by atoms with Gasteiger partial charge in [-0.05, 0) is 39.4 Å². The molecule has 0 aliphatic carbocycles. The van der Waals surface area contributed by atoms with Crippen LogP contribution in [0.3, 0.4) is 0 Å². The Morgan fingerprint density at radius 3 is 2.60 bits per heavy atom. The summed E-state index contributed by atoms with van der Waals surface area (Å²) in [6, 6.07) is 7.53. The van der Waals surface area contributed by atoms with Gasteiger partial charge in [-0.1, -0.05) is 23.7 Å². The van der Waals surface area contributed by atoms with E-state index in [-0.39, 0.29) is 5.54 Å².